The van der Waals surface area contributed by atoms with Crippen LogP contribution in [0.4, 0.5) is 0 Å². The largest absolute Gasteiger partial charge is 0.388 e. The molecule has 0 atom stereocenters. The minimum atomic E-state index is -0.600. The van der Waals surface area contributed by atoms with E-state index in [0.29, 0.717) is 13.2 Å². The van der Waals surface area contributed by atoms with E-state index < -0.39 is 5.60 Å². The van der Waals surface area contributed by atoms with Crippen LogP contribution in [0.5, 0.6) is 0 Å². The van der Waals surface area contributed by atoms with Gasteiger partial charge in [0.2, 0.25) is 0 Å². The third-order valence-electron chi connectivity index (χ3n) is 3.74. The van der Waals surface area contributed by atoms with Gasteiger partial charge in [0, 0.05) is 18.8 Å². The van der Waals surface area contributed by atoms with Gasteiger partial charge in [0.25, 0.3) is 0 Å². The lowest BCUT2D eigenvalue weighted by atomic mass is 9.74. The van der Waals surface area contributed by atoms with E-state index in [2.05, 4.69) is 0 Å². The molecule has 0 aromatic carbocycles. The highest BCUT2D eigenvalue weighted by molar-refractivity contribution is 5.06. The molecule has 0 aromatic rings. The molecule has 1 saturated carbocycles. The summed E-state index contributed by atoms with van der Waals surface area (Å²) in [5.41, 5.74) is 5.29. The third kappa shape index (κ3) is 1.49. The maximum atomic E-state index is 10.4. The first-order chi connectivity index (χ1) is 6.16. The molecule has 2 rings (SSSR count). The molecule has 1 aliphatic carbocycles. The van der Waals surface area contributed by atoms with Crippen molar-refractivity contribution in [2.24, 2.45) is 5.73 Å². The number of ether oxygens (including phenoxy) is 1. The number of hydrogen-bond acceptors (Lipinski definition) is 3. The van der Waals surface area contributed by atoms with Gasteiger partial charge in [-0.2, -0.15) is 0 Å². The molecule has 1 heterocycles. The van der Waals surface area contributed by atoms with Crippen molar-refractivity contribution in [1.82, 2.24) is 0 Å². The molecule has 2 aliphatic rings. The maximum Gasteiger partial charge on any atom is 0.0828 e. The molecule has 3 N–H and O–H groups in total. The predicted octanol–water partition coefficient (Wildman–Crippen LogP) is 0.799. The first kappa shape index (κ1) is 9.44. The molecule has 0 aromatic heterocycles. The van der Waals surface area contributed by atoms with Gasteiger partial charge in [-0.1, -0.05) is 12.8 Å². The molecule has 2 fully saturated rings. The van der Waals surface area contributed by atoms with E-state index in [1.807, 2.05) is 0 Å². The maximum absolute atomic E-state index is 10.4. The standard InChI is InChI=1S/C10H19NO2/c11-9(5-7-13-8-6-9)10(12)3-1-2-4-10/h12H,1-8,11H2. The predicted molar refractivity (Wildman–Crippen MR) is 50.4 cm³/mol. The van der Waals surface area contributed by atoms with Gasteiger partial charge in [-0.25, -0.2) is 0 Å². The summed E-state index contributed by atoms with van der Waals surface area (Å²) < 4.78 is 5.28. The van der Waals surface area contributed by atoms with Crippen LogP contribution >= 0.6 is 0 Å². The Morgan fingerprint density at radius 2 is 1.54 bits per heavy atom. The van der Waals surface area contributed by atoms with Crippen molar-refractivity contribution in [2.45, 2.75) is 49.7 Å². The molecule has 1 saturated heterocycles. The smallest absolute Gasteiger partial charge is 0.0828 e. The molecule has 1 aliphatic heterocycles. The second-order valence-corrected chi connectivity index (χ2v) is 4.51. The van der Waals surface area contributed by atoms with E-state index in [4.69, 9.17) is 10.5 Å². The van der Waals surface area contributed by atoms with Crippen LogP contribution in [0.3, 0.4) is 0 Å². The lowest BCUT2D eigenvalue weighted by molar-refractivity contribution is -0.0784. The van der Waals surface area contributed by atoms with Crippen molar-refractivity contribution in [2.75, 3.05) is 13.2 Å². The Balaban J connectivity index is 2.11. The highest BCUT2D eigenvalue weighted by Gasteiger charge is 2.49. The van der Waals surface area contributed by atoms with Gasteiger partial charge in [0.1, 0.15) is 0 Å². The van der Waals surface area contributed by atoms with E-state index in [9.17, 15) is 5.11 Å². The minimum absolute atomic E-state index is 0.373. The van der Waals surface area contributed by atoms with Crippen molar-refractivity contribution in [3.63, 3.8) is 0 Å². The first-order valence-electron chi connectivity index (χ1n) is 5.25. The molecule has 0 unspecified atom stereocenters. The number of hydrogen-bond donors (Lipinski definition) is 2. The lowest BCUT2D eigenvalue weighted by Crippen LogP contribution is -2.61. The van der Waals surface area contributed by atoms with Crippen LogP contribution in [0.1, 0.15) is 38.5 Å². The highest BCUT2D eigenvalue weighted by Crippen LogP contribution is 2.41. The highest BCUT2D eigenvalue weighted by atomic mass is 16.5. The average molecular weight is 185 g/mol. The van der Waals surface area contributed by atoms with Crippen molar-refractivity contribution >= 4 is 0 Å². The zero-order valence-corrected chi connectivity index (χ0v) is 8.09. The molecule has 76 valence electrons. The molecule has 0 radical (unpaired) electrons. The number of nitrogens with two attached hydrogens (primary N) is 1. The Kier molecular flexibility index (Phi) is 2.34. The van der Waals surface area contributed by atoms with Gasteiger partial charge in [-0.05, 0) is 25.7 Å². The second-order valence-electron chi connectivity index (χ2n) is 4.51. The van der Waals surface area contributed by atoms with Crippen molar-refractivity contribution in [3.05, 3.63) is 0 Å². The van der Waals surface area contributed by atoms with E-state index >= 15 is 0 Å². The normalized spacial score (nSPS) is 31.8. The van der Waals surface area contributed by atoms with Crippen molar-refractivity contribution in [3.8, 4) is 0 Å². The molecule has 0 spiro atoms. The summed E-state index contributed by atoms with van der Waals surface area (Å²) >= 11 is 0. The van der Waals surface area contributed by atoms with Gasteiger partial charge in [0.05, 0.1) is 5.60 Å². The summed E-state index contributed by atoms with van der Waals surface area (Å²) in [7, 11) is 0. The average Bonchev–Trinajstić information content (AvgIpc) is 2.55. The summed E-state index contributed by atoms with van der Waals surface area (Å²) in [6.07, 6.45) is 5.62. The fraction of sp³-hybridized carbons (Fsp3) is 1.00. The molecular formula is C10H19NO2. The van der Waals surface area contributed by atoms with Gasteiger partial charge in [0.15, 0.2) is 0 Å². The monoisotopic (exact) mass is 185 g/mol. The van der Waals surface area contributed by atoms with Crippen LogP contribution < -0.4 is 5.73 Å². The molecule has 3 heteroatoms. The Morgan fingerprint density at radius 1 is 1.00 bits per heavy atom. The molecule has 13 heavy (non-hydrogen) atoms. The Bertz CT molecular complexity index is 181. The van der Waals surface area contributed by atoms with E-state index in [1.54, 1.807) is 0 Å². The fourth-order valence-corrected chi connectivity index (χ4v) is 2.66. The van der Waals surface area contributed by atoms with Crippen molar-refractivity contribution < 1.29 is 9.84 Å². The Labute approximate surface area is 79.3 Å². The van der Waals surface area contributed by atoms with E-state index in [-0.39, 0.29) is 5.54 Å². The first-order valence-corrected chi connectivity index (χ1v) is 5.25. The minimum Gasteiger partial charge on any atom is -0.388 e. The second kappa shape index (κ2) is 3.23. The zero-order chi connectivity index (χ0) is 9.36. The third-order valence-corrected chi connectivity index (χ3v) is 3.74. The van der Waals surface area contributed by atoms with Crippen LogP contribution in [-0.4, -0.2) is 29.5 Å². The Hall–Kier alpha value is -0.120. The van der Waals surface area contributed by atoms with Crippen LogP contribution in [-0.2, 0) is 4.74 Å². The van der Waals surface area contributed by atoms with Gasteiger partial charge >= 0.3 is 0 Å². The van der Waals surface area contributed by atoms with E-state index in [0.717, 1.165) is 38.5 Å². The summed E-state index contributed by atoms with van der Waals surface area (Å²) in [6, 6.07) is 0. The molecule has 3 nitrogen and oxygen atoms in total. The lowest BCUT2D eigenvalue weighted by Gasteiger charge is -2.45. The van der Waals surface area contributed by atoms with Crippen LogP contribution in [0, 0.1) is 0 Å². The zero-order valence-electron chi connectivity index (χ0n) is 8.09. The summed E-state index contributed by atoms with van der Waals surface area (Å²) in [6.45, 7) is 1.41. The number of aliphatic hydroxyl groups is 1. The molecule has 0 bridgehead atoms. The SMILES string of the molecule is NC1(C2(O)CCCC2)CCOCC1. The van der Waals surface area contributed by atoms with Crippen molar-refractivity contribution in [1.29, 1.82) is 0 Å². The van der Waals surface area contributed by atoms with Gasteiger partial charge in [-0.15, -0.1) is 0 Å². The van der Waals surface area contributed by atoms with Gasteiger partial charge in [-0.3, -0.25) is 0 Å². The summed E-state index contributed by atoms with van der Waals surface area (Å²) in [5, 5.41) is 10.4. The van der Waals surface area contributed by atoms with Crippen LogP contribution in [0.15, 0.2) is 0 Å². The fourth-order valence-electron chi connectivity index (χ4n) is 2.66. The molecule has 0 amide bonds. The number of rotatable bonds is 1. The van der Waals surface area contributed by atoms with Crippen LogP contribution in [0.25, 0.3) is 0 Å². The molecular weight excluding hydrogens is 166 g/mol. The van der Waals surface area contributed by atoms with E-state index in [1.165, 1.54) is 0 Å². The topological polar surface area (TPSA) is 55.5 Å². The quantitative estimate of drug-likeness (QED) is 0.635. The van der Waals surface area contributed by atoms with Crippen LogP contribution in [0.2, 0.25) is 0 Å². The summed E-state index contributed by atoms with van der Waals surface area (Å²) in [5.74, 6) is 0. The summed E-state index contributed by atoms with van der Waals surface area (Å²) in [4.78, 5) is 0. The Morgan fingerprint density at radius 3 is 2.08 bits per heavy atom. The van der Waals surface area contributed by atoms with Gasteiger partial charge < -0.3 is 15.6 Å².